The number of carbonyl (C=O) groups excluding carboxylic acids is 1. The molecule has 88 valence electrons. The summed E-state index contributed by atoms with van der Waals surface area (Å²) in [4.78, 5) is 11.4. The Hall–Kier alpha value is -1.55. The monoisotopic (exact) mass is 222 g/mol. The molecule has 0 heterocycles. The van der Waals surface area contributed by atoms with Crippen molar-refractivity contribution in [2.75, 3.05) is 11.9 Å². The summed E-state index contributed by atoms with van der Waals surface area (Å²) >= 11 is 0. The molecule has 0 unspecified atom stereocenters. The summed E-state index contributed by atoms with van der Waals surface area (Å²) in [6, 6.07) is 7.40. The Kier molecular flexibility index (Phi) is 4.79. The lowest BCUT2D eigenvalue weighted by atomic mass is 10.2. The molecule has 1 amide bonds. The molecule has 4 nitrogen and oxygen atoms in total. The van der Waals surface area contributed by atoms with Gasteiger partial charge in [0.1, 0.15) is 0 Å². The molecule has 0 spiro atoms. The number of anilines is 1. The number of carbonyl (C=O) groups is 1. The van der Waals surface area contributed by atoms with Gasteiger partial charge in [-0.3, -0.25) is 5.32 Å². The highest BCUT2D eigenvalue weighted by Crippen LogP contribution is 2.14. The first-order chi connectivity index (χ1) is 7.63. The molecule has 0 radical (unpaired) electrons. The smallest absolute Gasteiger partial charge is 0.411 e. The van der Waals surface area contributed by atoms with E-state index in [4.69, 9.17) is 10.5 Å². The lowest BCUT2D eigenvalue weighted by Crippen LogP contribution is -2.18. The van der Waals surface area contributed by atoms with Crippen molar-refractivity contribution in [2.24, 2.45) is 11.7 Å². The first kappa shape index (κ1) is 12.5. The third kappa shape index (κ3) is 3.90. The van der Waals surface area contributed by atoms with Crippen LogP contribution in [0.3, 0.4) is 0 Å². The number of hydrogen-bond acceptors (Lipinski definition) is 3. The number of amides is 1. The van der Waals surface area contributed by atoms with E-state index in [9.17, 15) is 4.79 Å². The molecule has 0 fully saturated rings. The van der Waals surface area contributed by atoms with Gasteiger partial charge in [-0.25, -0.2) is 4.79 Å². The summed E-state index contributed by atoms with van der Waals surface area (Å²) in [5.41, 5.74) is 7.16. The summed E-state index contributed by atoms with van der Waals surface area (Å²) < 4.78 is 5.02. The Morgan fingerprint density at radius 3 is 2.75 bits per heavy atom. The minimum atomic E-state index is -0.436. The zero-order chi connectivity index (χ0) is 12.0. The largest absolute Gasteiger partial charge is 0.449 e. The third-order valence-electron chi connectivity index (χ3n) is 2.02. The number of nitrogens with one attached hydrogen (secondary N) is 1. The van der Waals surface area contributed by atoms with Crippen LogP contribution in [0.5, 0.6) is 0 Å². The highest BCUT2D eigenvalue weighted by molar-refractivity contribution is 5.85. The minimum absolute atomic E-state index is 0.329. The van der Waals surface area contributed by atoms with Crippen molar-refractivity contribution in [3.8, 4) is 0 Å². The molecule has 1 rings (SSSR count). The molecule has 0 atom stereocenters. The summed E-state index contributed by atoms with van der Waals surface area (Å²) in [6.45, 7) is 4.78. The molecule has 1 aromatic carbocycles. The van der Waals surface area contributed by atoms with Gasteiger partial charge in [-0.1, -0.05) is 32.0 Å². The van der Waals surface area contributed by atoms with Gasteiger partial charge >= 0.3 is 6.09 Å². The Bertz CT molecular complexity index is 351. The van der Waals surface area contributed by atoms with Crippen molar-refractivity contribution in [3.63, 3.8) is 0 Å². The number of benzene rings is 1. The van der Waals surface area contributed by atoms with E-state index in [0.29, 0.717) is 24.8 Å². The fraction of sp³-hybridized carbons (Fsp3) is 0.417. The minimum Gasteiger partial charge on any atom is -0.449 e. The fourth-order valence-electron chi connectivity index (χ4n) is 1.21. The van der Waals surface area contributed by atoms with Crippen LogP contribution in [0.4, 0.5) is 10.5 Å². The Morgan fingerprint density at radius 1 is 1.44 bits per heavy atom. The third-order valence-corrected chi connectivity index (χ3v) is 2.02. The van der Waals surface area contributed by atoms with Gasteiger partial charge in [-0.2, -0.15) is 0 Å². The molecule has 3 N–H and O–H groups in total. The second kappa shape index (κ2) is 6.12. The molecule has 16 heavy (non-hydrogen) atoms. The topological polar surface area (TPSA) is 64.3 Å². The lowest BCUT2D eigenvalue weighted by Gasteiger charge is -2.11. The van der Waals surface area contributed by atoms with Crippen molar-refractivity contribution in [2.45, 2.75) is 20.4 Å². The van der Waals surface area contributed by atoms with Crippen LogP contribution in [0.15, 0.2) is 24.3 Å². The van der Waals surface area contributed by atoms with Crippen molar-refractivity contribution in [1.29, 1.82) is 0 Å². The quantitative estimate of drug-likeness (QED) is 0.821. The molecule has 1 aromatic rings. The number of rotatable bonds is 4. The van der Waals surface area contributed by atoms with E-state index in [1.165, 1.54) is 0 Å². The summed E-state index contributed by atoms with van der Waals surface area (Å²) in [6.07, 6.45) is -0.436. The van der Waals surface area contributed by atoms with E-state index < -0.39 is 6.09 Å². The van der Waals surface area contributed by atoms with Gasteiger partial charge in [0, 0.05) is 12.2 Å². The van der Waals surface area contributed by atoms with E-state index in [1.54, 1.807) is 6.07 Å². The summed E-state index contributed by atoms with van der Waals surface area (Å²) in [5.74, 6) is 0.329. The van der Waals surface area contributed by atoms with Gasteiger partial charge in [0.2, 0.25) is 0 Å². The van der Waals surface area contributed by atoms with Crippen LogP contribution in [0.1, 0.15) is 19.4 Å². The van der Waals surface area contributed by atoms with Crippen molar-refractivity contribution >= 4 is 11.8 Å². The molecule has 0 saturated carbocycles. The van der Waals surface area contributed by atoms with Crippen LogP contribution in [0.25, 0.3) is 0 Å². The van der Waals surface area contributed by atoms with Crippen molar-refractivity contribution in [3.05, 3.63) is 29.8 Å². The van der Waals surface area contributed by atoms with Gasteiger partial charge in [-0.15, -0.1) is 0 Å². The zero-order valence-corrected chi connectivity index (χ0v) is 9.69. The number of ether oxygens (including phenoxy) is 1. The Morgan fingerprint density at radius 2 is 2.12 bits per heavy atom. The molecule has 0 aromatic heterocycles. The number of hydrogen-bond donors (Lipinski definition) is 2. The fourth-order valence-corrected chi connectivity index (χ4v) is 1.21. The number of para-hydroxylation sites is 1. The standard InChI is InChI=1S/C12H18N2O2/c1-9(2)8-16-12(15)14-11-6-4-3-5-10(11)7-13/h3-6,9H,7-8,13H2,1-2H3,(H,14,15). The molecule has 0 bridgehead atoms. The highest BCUT2D eigenvalue weighted by Gasteiger charge is 2.06. The highest BCUT2D eigenvalue weighted by atomic mass is 16.5. The molecule has 0 aliphatic heterocycles. The zero-order valence-electron chi connectivity index (χ0n) is 9.69. The van der Waals surface area contributed by atoms with Crippen LogP contribution in [0, 0.1) is 5.92 Å². The molecule has 0 aliphatic rings. The van der Waals surface area contributed by atoms with Gasteiger partial charge in [0.15, 0.2) is 0 Å². The average molecular weight is 222 g/mol. The maximum Gasteiger partial charge on any atom is 0.411 e. The van der Waals surface area contributed by atoms with Crippen LogP contribution in [-0.2, 0) is 11.3 Å². The van der Waals surface area contributed by atoms with Gasteiger partial charge in [0.05, 0.1) is 6.61 Å². The molecular weight excluding hydrogens is 204 g/mol. The van der Waals surface area contributed by atoms with Crippen LogP contribution >= 0.6 is 0 Å². The van der Waals surface area contributed by atoms with E-state index in [-0.39, 0.29) is 0 Å². The van der Waals surface area contributed by atoms with E-state index in [2.05, 4.69) is 5.32 Å². The maximum atomic E-state index is 11.4. The molecular formula is C12H18N2O2. The second-order valence-corrected chi connectivity index (χ2v) is 3.98. The van der Waals surface area contributed by atoms with E-state index >= 15 is 0 Å². The number of nitrogens with two attached hydrogens (primary N) is 1. The van der Waals surface area contributed by atoms with Crippen LogP contribution < -0.4 is 11.1 Å². The Balaban J connectivity index is 2.55. The predicted molar refractivity (Wildman–Crippen MR) is 64.1 cm³/mol. The lowest BCUT2D eigenvalue weighted by molar-refractivity contribution is 0.147. The Labute approximate surface area is 95.8 Å². The predicted octanol–water partition coefficient (Wildman–Crippen LogP) is 2.35. The first-order valence-electron chi connectivity index (χ1n) is 5.35. The van der Waals surface area contributed by atoms with Gasteiger partial charge in [-0.05, 0) is 17.5 Å². The van der Waals surface area contributed by atoms with Crippen LogP contribution in [0.2, 0.25) is 0 Å². The maximum absolute atomic E-state index is 11.4. The second-order valence-electron chi connectivity index (χ2n) is 3.98. The van der Waals surface area contributed by atoms with Crippen LogP contribution in [-0.4, -0.2) is 12.7 Å². The van der Waals surface area contributed by atoms with E-state index in [1.807, 2.05) is 32.0 Å². The first-order valence-corrected chi connectivity index (χ1v) is 5.35. The van der Waals surface area contributed by atoms with Crippen molar-refractivity contribution in [1.82, 2.24) is 0 Å². The summed E-state index contributed by atoms with van der Waals surface area (Å²) in [5, 5.41) is 2.68. The normalized spacial score (nSPS) is 10.2. The average Bonchev–Trinajstić information content (AvgIpc) is 2.27. The molecule has 4 heteroatoms. The van der Waals surface area contributed by atoms with Gasteiger partial charge in [0.25, 0.3) is 0 Å². The van der Waals surface area contributed by atoms with Gasteiger partial charge < -0.3 is 10.5 Å². The SMILES string of the molecule is CC(C)COC(=O)Nc1ccccc1CN. The molecule has 0 saturated heterocycles. The van der Waals surface area contributed by atoms with Crippen molar-refractivity contribution < 1.29 is 9.53 Å². The summed E-state index contributed by atoms with van der Waals surface area (Å²) in [7, 11) is 0. The molecule has 0 aliphatic carbocycles. The van der Waals surface area contributed by atoms with E-state index in [0.717, 1.165) is 5.56 Å².